The number of aryl methyl sites for hydroxylation is 1. The van der Waals surface area contributed by atoms with Crippen LogP contribution in [0.3, 0.4) is 0 Å². The topological polar surface area (TPSA) is 69.2 Å². The van der Waals surface area contributed by atoms with E-state index in [1.54, 1.807) is 6.20 Å². The molecular formula is C16H25N3O2. The standard InChI is InChI=1S/C16H25N3O2/c1-11-17-10-13(18-11)15(20)19-9-5-7-14(19)12-6-3-4-8-16(12,2)21/h10,12,14,21H,3-9H2,1-2H3,(H,17,18)/t12-,14-,16-/m1/s1. The largest absolute Gasteiger partial charge is 0.390 e. The van der Waals surface area contributed by atoms with E-state index < -0.39 is 5.60 Å². The van der Waals surface area contributed by atoms with E-state index in [1.807, 2.05) is 18.7 Å². The minimum Gasteiger partial charge on any atom is -0.390 e. The summed E-state index contributed by atoms with van der Waals surface area (Å²) in [4.78, 5) is 21.8. The van der Waals surface area contributed by atoms with Gasteiger partial charge in [-0.3, -0.25) is 4.79 Å². The number of aromatic amines is 1. The van der Waals surface area contributed by atoms with Gasteiger partial charge in [0.1, 0.15) is 11.5 Å². The summed E-state index contributed by atoms with van der Waals surface area (Å²) >= 11 is 0. The molecule has 3 rings (SSSR count). The average Bonchev–Trinajstić information content (AvgIpc) is 3.06. The third kappa shape index (κ3) is 2.71. The molecule has 3 atom stereocenters. The Balaban J connectivity index is 1.80. The summed E-state index contributed by atoms with van der Waals surface area (Å²) in [5.41, 5.74) is -0.0785. The monoisotopic (exact) mass is 291 g/mol. The molecular weight excluding hydrogens is 266 g/mol. The van der Waals surface area contributed by atoms with Gasteiger partial charge in [0, 0.05) is 18.5 Å². The second-order valence-corrected chi connectivity index (χ2v) is 6.80. The number of nitrogens with one attached hydrogen (secondary N) is 1. The van der Waals surface area contributed by atoms with Crippen LogP contribution < -0.4 is 0 Å². The maximum Gasteiger partial charge on any atom is 0.272 e. The van der Waals surface area contributed by atoms with Gasteiger partial charge in [-0.05, 0) is 39.5 Å². The Hall–Kier alpha value is -1.36. The van der Waals surface area contributed by atoms with Crippen molar-refractivity contribution in [1.82, 2.24) is 14.9 Å². The molecule has 21 heavy (non-hydrogen) atoms. The van der Waals surface area contributed by atoms with Crippen molar-refractivity contribution >= 4 is 5.91 Å². The molecule has 0 aromatic carbocycles. The van der Waals surface area contributed by atoms with Gasteiger partial charge < -0.3 is 15.0 Å². The van der Waals surface area contributed by atoms with Crippen molar-refractivity contribution in [3.05, 3.63) is 17.7 Å². The lowest BCUT2D eigenvalue weighted by Gasteiger charge is -2.43. The summed E-state index contributed by atoms with van der Waals surface area (Å²) < 4.78 is 0. The molecule has 2 N–H and O–H groups in total. The molecule has 5 nitrogen and oxygen atoms in total. The van der Waals surface area contributed by atoms with Crippen LogP contribution in [0.4, 0.5) is 0 Å². The molecule has 1 amide bonds. The Morgan fingerprint density at radius 2 is 2.24 bits per heavy atom. The van der Waals surface area contributed by atoms with Crippen molar-refractivity contribution in [3.8, 4) is 0 Å². The summed E-state index contributed by atoms with van der Waals surface area (Å²) in [6, 6.07) is 0.163. The van der Waals surface area contributed by atoms with E-state index >= 15 is 0 Å². The third-order valence-electron chi connectivity index (χ3n) is 5.20. The third-order valence-corrected chi connectivity index (χ3v) is 5.20. The number of aliphatic hydroxyl groups is 1. The summed E-state index contributed by atoms with van der Waals surface area (Å²) in [5, 5.41) is 10.7. The lowest BCUT2D eigenvalue weighted by molar-refractivity contribution is -0.0578. The lowest BCUT2D eigenvalue weighted by Crippen LogP contribution is -2.50. The molecule has 1 aromatic rings. The van der Waals surface area contributed by atoms with Crippen LogP contribution in [0, 0.1) is 12.8 Å². The molecule has 2 heterocycles. The zero-order valence-corrected chi connectivity index (χ0v) is 12.9. The van der Waals surface area contributed by atoms with Crippen molar-refractivity contribution in [2.75, 3.05) is 6.54 Å². The first-order chi connectivity index (χ1) is 9.99. The van der Waals surface area contributed by atoms with Gasteiger partial charge in [0.2, 0.25) is 0 Å². The highest BCUT2D eigenvalue weighted by Crippen LogP contribution is 2.40. The van der Waals surface area contributed by atoms with E-state index in [-0.39, 0.29) is 17.9 Å². The van der Waals surface area contributed by atoms with Crippen LogP contribution in [0.2, 0.25) is 0 Å². The number of imidazole rings is 1. The molecule has 0 radical (unpaired) electrons. The fraction of sp³-hybridized carbons (Fsp3) is 0.750. The highest BCUT2D eigenvalue weighted by molar-refractivity contribution is 5.92. The number of rotatable bonds is 2. The van der Waals surface area contributed by atoms with Crippen molar-refractivity contribution in [2.45, 2.75) is 64.0 Å². The van der Waals surface area contributed by atoms with Crippen LogP contribution in [0.1, 0.15) is 61.8 Å². The number of H-pyrrole nitrogens is 1. The van der Waals surface area contributed by atoms with Crippen LogP contribution in [0.25, 0.3) is 0 Å². The minimum absolute atomic E-state index is 0.0273. The molecule has 2 aliphatic rings. The predicted octanol–water partition coefficient (Wildman–Crippen LogP) is 2.26. The Kier molecular flexibility index (Phi) is 3.78. The number of aromatic nitrogens is 2. The van der Waals surface area contributed by atoms with Gasteiger partial charge in [0.25, 0.3) is 5.91 Å². The van der Waals surface area contributed by atoms with E-state index in [1.165, 1.54) is 0 Å². The fourth-order valence-electron chi connectivity index (χ4n) is 4.10. The number of carbonyl (C=O) groups is 1. The average molecular weight is 291 g/mol. The van der Waals surface area contributed by atoms with Gasteiger partial charge in [0.05, 0.1) is 11.8 Å². The van der Waals surface area contributed by atoms with Gasteiger partial charge in [-0.25, -0.2) is 4.98 Å². The van der Waals surface area contributed by atoms with E-state index in [0.717, 1.165) is 50.9 Å². The molecule has 116 valence electrons. The fourth-order valence-corrected chi connectivity index (χ4v) is 4.10. The Morgan fingerprint density at radius 3 is 2.90 bits per heavy atom. The quantitative estimate of drug-likeness (QED) is 0.878. The van der Waals surface area contributed by atoms with Crippen molar-refractivity contribution < 1.29 is 9.90 Å². The molecule has 2 fully saturated rings. The van der Waals surface area contributed by atoms with Gasteiger partial charge in [-0.2, -0.15) is 0 Å². The lowest BCUT2D eigenvalue weighted by atomic mass is 9.72. The first-order valence-electron chi connectivity index (χ1n) is 8.04. The molecule has 1 aromatic heterocycles. The second-order valence-electron chi connectivity index (χ2n) is 6.80. The van der Waals surface area contributed by atoms with E-state index in [0.29, 0.717) is 5.69 Å². The summed E-state index contributed by atoms with van der Waals surface area (Å²) in [5.74, 6) is 0.986. The number of likely N-dealkylation sites (tertiary alicyclic amines) is 1. The zero-order chi connectivity index (χ0) is 15.0. The normalized spacial score (nSPS) is 33.4. The van der Waals surface area contributed by atoms with Gasteiger partial charge >= 0.3 is 0 Å². The van der Waals surface area contributed by atoms with E-state index in [9.17, 15) is 9.90 Å². The van der Waals surface area contributed by atoms with Crippen molar-refractivity contribution in [2.24, 2.45) is 5.92 Å². The zero-order valence-electron chi connectivity index (χ0n) is 12.9. The molecule has 1 saturated heterocycles. The number of hydrogen-bond acceptors (Lipinski definition) is 3. The van der Waals surface area contributed by atoms with Crippen LogP contribution in [-0.4, -0.2) is 44.1 Å². The summed E-state index contributed by atoms with van der Waals surface area (Å²) in [6.45, 7) is 4.58. The molecule has 1 aliphatic carbocycles. The van der Waals surface area contributed by atoms with E-state index in [2.05, 4.69) is 9.97 Å². The summed E-state index contributed by atoms with van der Waals surface area (Å²) in [7, 11) is 0. The van der Waals surface area contributed by atoms with Crippen LogP contribution in [0.5, 0.6) is 0 Å². The first-order valence-corrected chi connectivity index (χ1v) is 8.04. The number of nitrogens with zero attached hydrogens (tertiary/aromatic N) is 2. The second kappa shape index (κ2) is 5.44. The highest BCUT2D eigenvalue weighted by atomic mass is 16.3. The maximum absolute atomic E-state index is 12.7. The van der Waals surface area contributed by atoms with Crippen molar-refractivity contribution in [1.29, 1.82) is 0 Å². The highest BCUT2D eigenvalue weighted by Gasteiger charge is 2.44. The molecule has 1 saturated carbocycles. The minimum atomic E-state index is -0.643. The van der Waals surface area contributed by atoms with E-state index in [4.69, 9.17) is 0 Å². The van der Waals surface area contributed by atoms with Crippen LogP contribution >= 0.6 is 0 Å². The molecule has 1 aliphatic heterocycles. The number of carbonyl (C=O) groups excluding carboxylic acids is 1. The Labute approximate surface area is 125 Å². The van der Waals surface area contributed by atoms with Gasteiger partial charge in [-0.1, -0.05) is 12.8 Å². The SMILES string of the molecule is Cc1ncc(C(=O)N2CCC[C@@H]2[C@H]2CCCC[C@@]2(C)O)[nH]1. The Morgan fingerprint density at radius 1 is 1.43 bits per heavy atom. The predicted molar refractivity (Wildman–Crippen MR) is 80.0 cm³/mol. The van der Waals surface area contributed by atoms with Crippen molar-refractivity contribution in [3.63, 3.8) is 0 Å². The number of hydrogen-bond donors (Lipinski definition) is 2. The molecule has 5 heteroatoms. The van der Waals surface area contributed by atoms with Crippen LogP contribution in [0.15, 0.2) is 6.20 Å². The van der Waals surface area contributed by atoms with Crippen LogP contribution in [-0.2, 0) is 0 Å². The maximum atomic E-state index is 12.7. The molecule has 0 bridgehead atoms. The number of amides is 1. The smallest absolute Gasteiger partial charge is 0.272 e. The van der Waals surface area contributed by atoms with Gasteiger partial charge in [-0.15, -0.1) is 0 Å². The molecule has 0 unspecified atom stereocenters. The Bertz CT molecular complexity index is 523. The van der Waals surface area contributed by atoms with Gasteiger partial charge in [0.15, 0.2) is 0 Å². The first kappa shape index (κ1) is 14.6. The summed E-state index contributed by atoms with van der Waals surface area (Å²) in [6.07, 6.45) is 7.75. The molecule has 0 spiro atoms.